The molecule has 0 aliphatic heterocycles. The van der Waals surface area contributed by atoms with Gasteiger partial charge in [0.1, 0.15) is 16.4 Å². The number of carbonyl (C=O) groups excluding carboxylic acids is 2. The van der Waals surface area contributed by atoms with Crippen molar-refractivity contribution in [3.05, 3.63) is 93.8 Å². The molecule has 1 N–H and O–H groups in total. The van der Waals surface area contributed by atoms with E-state index >= 15 is 0 Å². The molecule has 8 heteroatoms. The van der Waals surface area contributed by atoms with Gasteiger partial charge >= 0.3 is 5.97 Å². The van der Waals surface area contributed by atoms with Gasteiger partial charge in [0.2, 0.25) is 0 Å². The van der Waals surface area contributed by atoms with E-state index in [4.69, 9.17) is 21.1 Å². The first-order valence-corrected chi connectivity index (χ1v) is 12.1. The highest BCUT2D eigenvalue weighted by Crippen LogP contribution is 2.36. The Morgan fingerprint density at radius 3 is 2.49 bits per heavy atom. The first kappa shape index (κ1) is 24.4. The van der Waals surface area contributed by atoms with E-state index in [-0.39, 0.29) is 6.61 Å². The van der Waals surface area contributed by atoms with Gasteiger partial charge in [-0.15, -0.1) is 11.3 Å². The van der Waals surface area contributed by atoms with E-state index < -0.39 is 11.9 Å². The van der Waals surface area contributed by atoms with Crippen LogP contribution in [0.3, 0.4) is 0 Å². The summed E-state index contributed by atoms with van der Waals surface area (Å²) in [5, 5.41) is 5.14. The van der Waals surface area contributed by atoms with Crippen LogP contribution < -0.4 is 14.9 Å². The largest absolute Gasteiger partial charge is 0.484 e. The van der Waals surface area contributed by atoms with Gasteiger partial charge in [0, 0.05) is 15.6 Å². The predicted octanol–water partition coefficient (Wildman–Crippen LogP) is 6.43. The molecule has 0 saturated carbocycles. The second-order valence-corrected chi connectivity index (χ2v) is 9.40. The zero-order valence-electron chi connectivity index (χ0n) is 19.2. The van der Waals surface area contributed by atoms with Crippen molar-refractivity contribution in [2.45, 2.75) is 19.8 Å². The molecule has 1 amide bonds. The number of carbonyl (C=O) groups is 2. The fraction of sp³-hybridized carbons (Fsp3) is 0.148. The third kappa shape index (κ3) is 6.07. The van der Waals surface area contributed by atoms with Crippen molar-refractivity contribution >= 4 is 51.1 Å². The topological polar surface area (TPSA) is 77.0 Å². The molecule has 0 unspecified atom stereocenters. The fourth-order valence-electron chi connectivity index (χ4n) is 3.28. The minimum atomic E-state index is -0.557. The summed E-state index contributed by atoms with van der Waals surface area (Å²) < 4.78 is 12.0. The lowest BCUT2D eigenvalue weighted by Gasteiger charge is -2.08. The summed E-state index contributed by atoms with van der Waals surface area (Å²) in [5.41, 5.74) is 4.13. The number of thiophene rings is 1. The fourth-order valence-corrected chi connectivity index (χ4v) is 4.66. The number of halogens is 1. The standard InChI is InChI=1S/C27H23ClN2O4S/c1-17(2)18-11-13-20(14-12-18)33-16-24(31)30-29-15-19-7-3-5-9-22(19)34-27(32)26-25(28)21-8-4-6-10-23(21)35-26/h3-15,17H,16H2,1-2H3,(H,30,31)/b29-15-. The zero-order chi connectivity index (χ0) is 24.8. The summed E-state index contributed by atoms with van der Waals surface area (Å²) in [7, 11) is 0. The number of fused-ring (bicyclic) bond motifs is 1. The third-order valence-corrected chi connectivity index (χ3v) is 6.81. The molecule has 0 atom stereocenters. The van der Waals surface area contributed by atoms with E-state index in [2.05, 4.69) is 24.4 Å². The number of esters is 1. The summed E-state index contributed by atoms with van der Waals surface area (Å²) in [6.45, 7) is 4.04. The summed E-state index contributed by atoms with van der Waals surface area (Å²) in [6, 6.07) is 22.0. The van der Waals surface area contributed by atoms with E-state index in [1.807, 2.05) is 48.5 Å². The van der Waals surface area contributed by atoms with Gasteiger partial charge in [-0.1, -0.05) is 67.9 Å². The van der Waals surface area contributed by atoms with Crippen LogP contribution in [0.25, 0.3) is 10.1 Å². The minimum absolute atomic E-state index is 0.181. The number of para-hydroxylation sites is 1. The van der Waals surface area contributed by atoms with Crippen molar-refractivity contribution in [1.82, 2.24) is 5.43 Å². The number of ether oxygens (including phenoxy) is 2. The van der Waals surface area contributed by atoms with Crippen LogP contribution in [-0.4, -0.2) is 24.7 Å². The number of nitrogens with one attached hydrogen (secondary N) is 1. The molecule has 0 radical (unpaired) electrons. The average molecular weight is 507 g/mol. The Balaban J connectivity index is 1.36. The average Bonchev–Trinajstić information content (AvgIpc) is 3.20. The van der Waals surface area contributed by atoms with Crippen LogP contribution in [-0.2, 0) is 4.79 Å². The lowest BCUT2D eigenvalue weighted by Crippen LogP contribution is -2.24. The molecule has 0 aliphatic carbocycles. The molecule has 178 valence electrons. The zero-order valence-corrected chi connectivity index (χ0v) is 20.7. The van der Waals surface area contributed by atoms with Crippen molar-refractivity contribution in [3.63, 3.8) is 0 Å². The van der Waals surface area contributed by atoms with Gasteiger partial charge in [-0.25, -0.2) is 10.2 Å². The number of benzene rings is 3. The molecule has 0 bridgehead atoms. The van der Waals surface area contributed by atoms with Crippen molar-refractivity contribution in [1.29, 1.82) is 0 Å². The van der Waals surface area contributed by atoms with E-state index in [0.29, 0.717) is 32.9 Å². The Hall–Kier alpha value is -3.68. The molecule has 4 rings (SSSR count). The SMILES string of the molecule is CC(C)c1ccc(OCC(=O)N/N=C\c2ccccc2OC(=O)c2sc3ccccc3c2Cl)cc1. The number of hydrogen-bond donors (Lipinski definition) is 1. The number of hydrogen-bond acceptors (Lipinski definition) is 6. The van der Waals surface area contributed by atoms with Crippen LogP contribution in [0.15, 0.2) is 77.9 Å². The number of amides is 1. The quantitative estimate of drug-likeness (QED) is 0.129. The molecule has 1 aromatic heterocycles. The van der Waals surface area contributed by atoms with Crippen molar-refractivity contribution in [2.24, 2.45) is 5.10 Å². The Morgan fingerprint density at radius 1 is 1.03 bits per heavy atom. The van der Waals surface area contributed by atoms with Gasteiger partial charge in [-0.05, 0) is 41.8 Å². The molecule has 0 aliphatic rings. The highest BCUT2D eigenvalue weighted by molar-refractivity contribution is 7.21. The third-order valence-electron chi connectivity index (χ3n) is 5.15. The van der Waals surface area contributed by atoms with Gasteiger partial charge in [-0.3, -0.25) is 4.79 Å². The first-order valence-electron chi connectivity index (χ1n) is 11.0. The van der Waals surface area contributed by atoms with E-state index in [1.165, 1.54) is 23.1 Å². The highest BCUT2D eigenvalue weighted by Gasteiger charge is 2.19. The molecule has 35 heavy (non-hydrogen) atoms. The number of hydrazone groups is 1. The van der Waals surface area contributed by atoms with Crippen molar-refractivity contribution in [3.8, 4) is 11.5 Å². The summed E-state index contributed by atoms with van der Waals surface area (Å²) in [4.78, 5) is 25.2. The van der Waals surface area contributed by atoms with Gasteiger partial charge in [-0.2, -0.15) is 5.10 Å². The van der Waals surface area contributed by atoms with Crippen molar-refractivity contribution < 1.29 is 19.1 Å². The van der Waals surface area contributed by atoms with E-state index in [0.717, 1.165) is 10.1 Å². The second kappa shape index (κ2) is 11.2. The van der Waals surface area contributed by atoms with Gasteiger partial charge in [0.25, 0.3) is 5.91 Å². The molecule has 1 heterocycles. The maximum absolute atomic E-state index is 12.8. The maximum atomic E-state index is 12.8. The smallest absolute Gasteiger partial charge is 0.355 e. The Kier molecular flexibility index (Phi) is 7.80. The Morgan fingerprint density at radius 2 is 1.74 bits per heavy atom. The van der Waals surface area contributed by atoms with E-state index in [9.17, 15) is 9.59 Å². The summed E-state index contributed by atoms with van der Waals surface area (Å²) in [5.74, 6) is 0.348. The number of nitrogens with zero attached hydrogens (tertiary/aromatic N) is 1. The van der Waals surface area contributed by atoms with Crippen LogP contribution >= 0.6 is 22.9 Å². The molecule has 3 aromatic carbocycles. The number of rotatable bonds is 8. The van der Waals surface area contributed by atoms with E-state index in [1.54, 1.807) is 24.3 Å². The lowest BCUT2D eigenvalue weighted by atomic mass is 10.0. The normalized spacial score (nSPS) is 11.2. The second-order valence-electron chi connectivity index (χ2n) is 7.97. The van der Waals surface area contributed by atoms with Crippen molar-refractivity contribution in [2.75, 3.05) is 6.61 Å². The van der Waals surface area contributed by atoms with Crippen LogP contribution in [0.2, 0.25) is 5.02 Å². The monoisotopic (exact) mass is 506 g/mol. The maximum Gasteiger partial charge on any atom is 0.355 e. The Labute approximate surface area is 212 Å². The molecule has 4 aromatic rings. The molecular formula is C27H23ClN2O4S. The van der Waals surface area contributed by atoms with Gasteiger partial charge in [0.15, 0.2) is 6.61 Å². The van der Waals surface area contributed by atoms with Crippen LogP contribution in [0.4, 0.5) is 0 Å². The molecule has 0 fully saturated rings. The molecule has 0 spiro atoms. The van der Waals surface area contributed by atoms with Crippen LogP contribution in [0.1, 0.15) is 40.6 Å². The summed E-state index contributed by atoms with van der Waals surface area (Å²) in [6.07, 6.45) is 1.41. The first-order chi connectivity index (χ1) is 16.9. The predicted molar refractivity (Wildman–Crippen MR) is 140 cm³/mol. The lowest BCUT2D eigenvalue weighted by molar-refractivity contribution is -0.123. The molecule has 6 nitrogen and oxygen atoms in total. The van der Waals surface area contributed by atoms with Crippen LogP contribution in [0.5, 0.6) is 11.5 Å². The van der Waals surface area contributed by atoms with Crippen LogP contribution in [0, 0.1) is 0 Å². The Bertz CT molecular complexity index is 1380. The molecular weight excluding hydrogens is 484 g/mol. The highest BCUT2D eigenvalue weighted by atomic mass is 35.5. The minimum Gasteiger partial charge on any atom is -0.484 e. The van der Waals surface area contributed by atoms with Gasteiger partial charge in [0.05, 0.1) is 11.2 Å². The molecule has 0 saturated heterocycles. The van der Waals surface area contributed by atoms with Gasteiger partial charge < -0.3 is 9.47 Å². The summed E-state index contributed by atoms with van der Waals surface area (Å²) >= 11 is 7.67.